The molecule has 1 aromatic rings. The monoisotopic (exact) mass is 532 g/mol. The minimum atomic E-state index is -0.597. The van der Waals surface area contributed by atoms with Crippen molar-refractivity contribution in [2.24, 2.45) is 0 Å². The molecule has 0 unspecified atom stereocenters. The zero-order valence-corrected chi connectivity index (χ0v) is 22.5. The van der Waals surface area contributed by atoms with Crippen LogP contribution in [-0.2, 0) is 22.5 Å². The molecule has 39 heavy (non-hydrogen) atoms. The molecule has 2 aliphatic heterocycles. The molecule has 10 nitrogen and oxygen atoms in total. The number of carbonyl (C=O) groups is 2. The van der Waals surface area contributed by atoms with Gasteiger partial charge < -0.3 is 25.1 Å². The smallest absolute Gasteiger partial charge is 0.237 e. The minimum Gasteiger partial charge on any atom is -0.486 e. The summed E-state index contributed by atoms with van der Waals surface area (Å²) in [6, 6.07) is 4.07. The molecule has 6 rings (SSSR count). The van der Waals surface area contributed by atoms with Crippen LogP contribution >= 0.6 is 0 Å². The van der Waals surface area contributed by atoms with Crippen LogP contribution in [0.3, 0.4) is 0 Å². The van der Waals surface area contributed by atoms with E-state index >= 15 is 0 Å². The highest BCUT2D eigenvalue weighted by molar-refractivity contribution is 5.83. The van der Waals surface area contributed by atoms with E-state index in [2.05, 4.69) is 6.07 Å². The fourth-order valence-corrected chi connectivity index (χ4v) is 6.17. The van der Waals surface area contributed by atoms with Crippen LogP contribution in [0.2, 0.25) is 0 Å². The van der Waals surface area contributed by atoms with E-state index in [1.54, 1.807) is 11.0 Å². The molecule has 2 N–H and O–H groups in total. The summed E-state index contributed by atoms with van der Waals surface area (Å²) in [7, 11) is 1.92. The van der Waals surface area contributed by atoms with Gasteiger partial charge in [-0.3, -0.25) is 14.5 Å². The first-order chi connectivity index (χ1) is 18.8. The highest BCUT2D eigenvalue weighted by Gasteiger charge is 2.49. The summed E-state index contributed by atoms with van der Waals surface area (Å²) < 4.78 is 6.46. The molecule has 1 amide bonds. The third-order valence-electron chi connectivity index (χ3n) is 8.69. The van der Waals surface area contributed by atoms with Crippen LogP contribution in [0.1, 0.15) is 66.6 Å². The van der Waals surface area contributed by atoms with E-state index in [-0.39, 0.29) is 11.5 Å². The lowest BCUT2D eigenvalue weighted by Crippen LogP contribution is -2.51. The largest absolute Gasteiger partial charge is 0.486 e. The molecular formula is C29H36N6O4. The highest BCUT2D eigenvalue weighted by atomic mass is 16.5. The summed E-state index contributed by atoms with van der Waals surface area (Å²) in [5, 5.41) is 28.0. The van der Waals surface area contributed by atoms with Gasteiger partial charge in [0.25, 0.3) is 0 Å². The molecule has 2 bridgehead atoms. The van der Waals surface area contributed by atoms with Crippen molar-refractivity contribution in [3.63, 3.8) is 0 Å². The maximum Gasteiger partial charge on any atom is 0.237 e. The third-order valence-corrected chi connectivity index (χ3v) is 8.69. The Labute approximate surface area is 229 Å². The number of hydrogen-bond acceptors (Lipinski definition) is 9. The molecule has 0 aromatic carbocycles. The summed E-state index contributed by atoms with van der Waals surface area (Å²) in [5.41, 5.74) is 1.18. The quantitative estimate of drug-likeness (QED) is 0.172. The molecule has 3 heterocycles. The number of pyridine rings is 1. The zero-order valence-electron chi connectivity index (χ0n) is 22.5. The molecular weight excluding hydrogens is 496 g/mol. The number of hydrogen-bond donors (Lipinski definition) is 2. The summed E-state index contributed by atoms with van der Waals surface area (Å²) in [5.74, 6) is 1.06. The van der Waals surface area contributed by atoms with Gasteiger partial charge in [0.05, 0.1) is 12.1 Å². The summed E-state index contributed by atoms with van der Waals surface area (Å²) in [4.78, 5) is 35.0. The Morgan fingerprint density at radius 1 is 1.23 bits per heavy atom. The molecule has 3 saturated carbocycles. The van der Waals surface area contributed by atoms with E-state index in [0.29, 0.717) is 82.0 Å². The van der Waals surface area contributed by atoms with Crippen LogP contribution in [0.25, 0.3) is 0 Å². The average Bonchev–Trinajstić information content (AvgIpc) is 2.94. The number of aliphatic hydroxyl groups is 1. The number of anilines is 1. The number of aromatic nitrogens is 1. The molecule has 0 atom stereocenters. The second-order valence-corrected chi connectivity index (χ2v) is 11.3. The van der Waals surface area contributed by atoms with Crippen molar-refractivity contribution < 1.29 is 19.4 Å². The third kappa shape index (κ3) is 5.60. The SMILES string of the molecule is CN1CCN(Cc2cc3c(nc2C=O)N(/C=C/C(OC24CCC(O)(CC2)CC4)=C(/C#N)C=N)CCC3)C(=O)C1. The van der Waals surface area contributed by atoms with Crippen LogP contribution < -0.4 is 4.90 Å². The van der Waals surface area contributed by atoms with Gasteiger partial charge in [-0.2, -0.15) is 5.26 Å². The normalized spacial score (nSPS) is 27.7. The number of nitriles is 1. The van der Waals surface area contributed by atoms with Gasteiger partial charge in [-0.15, -0.1) is 0 Å². The average molecular weight is 533 g/mol. The summed E-state index contributed by atoms with van der Waals surface area (Å²) in [6.45, 7) is 2.82. The fourth-order valence-electron chi connectivity index (χ4n) is 6.17. The number of piperazine rings is 1. The standard InChI is InChI=1S/C29H36N6O4/c1-33-13-14-35(26(37)19-33)18-22-15-21-3-2-11-34(27(21)32-24(22)20-36)12-4-25(23(16-30)17-31)39-29-8-5-28(38,6-9-29)7-10-29/h4,12,15-16,20,30,38H,2-3,5-11,13-14,18-19H2,1H3/b12-4+,25-23-,30-16?. The second-order valence-electron chi connectivity index (χ2n) is 11.3. The van der Waals surface area contributed by atoms with Gasteiger partial charge in [0.2, 0.25) is 5.91 Å². The molecule has 4 fully saturated rings. The number of nitrogens with zero attached hydrogens (tertiary/aromatic N) is 5. The van der Waals surface area contributed by atoms with E-state index in [9.17, 15) is 20.0 Å². The maximum absolute atomic E-state index is 12.5. The molecule has 206 valence electrons. The number of aldehydes is 1. The Bertz CT molecular complexity index is 1240. The number of fused-ring (bicyclic) bond motifs is 4. The number of likely N-dealkylation sites (N-methyl/N-ethyl adjacent to an activating group) is 1. The van der Waals surface area contributed by atoms with Gasteiger partial charge in [-0.1, -0.05) is 0 Å². The number of rotatable bonds is 8. The molecule has 1 saturated heterocycles. The Morgan fingerprint density at radius 3 is 2.62 bits per heavy atom. The van der Waals surface area contributed by atoms with Crippen LogP contribution in [-0.4, -0.2) is 82.7 Å². The lowest BCUT2D eigenvalue weighted by atomic mass is 9.65. The van der Waals surface area contributed by atoms with E-state index in [0.717, 1.165) is 43.0 Å². The topological polar surface area (TPSA) is 134 Å². The Hall–Kier alpha value is -3.55. The number of nitrogens with one attached hydrogen (secondary N) is 1. The number of amides is 1. The molecule has 10 heteroatoms. The van der Waals surface area contributed by atoms with E-state index < -0.39 is 11.2 Å². The number of allylic oxidation sites excluding steroid dienone is 2. The van der Waals surface area contributed by atoms with Gasteiger partial charge >= 0.3 is 0 Å². The maximum atomic E-state index is 12.5. The van der Waals surface area contributed by atoms with Gasteiger partial charge in [0.15, 0.2) is 6.29 Å². The Balaban J connectivity index is 1.39. The molecule has 0 spiro atoms. The van der Waals surface area contributed by atoms with Crippen molar-refractivity contribution in [1.82, 2.24) is 14.8 Å². The van der Waals surface area contributed by atoms with Crippen molar-refractivity contribution in [3.8, 4) is 6.07 Å². The van der Waals surface area contributed by atoms with E-state index in [1.165, 1.54) is 0 Å². The predicted octanol–water partition coefficient (Wildman–Crippen LogP) is 2.72. The number of ether oxygens (including phenoxy) is 1. The Morgan fingerprint density at radius 2 is 1.97 bits per heavy atom. The van der Waals surface area contributed by atoms with Crippen LogP contribution in [0, 0.1) is 16.7 Å². The zero-order chi connectivity index (χ0) is 27.6. The molecule has 3 aliphatic carbocycles. The van der Waals surface area contributed by atoms with Crippen LogP contribution in [0.5, 0.6) is 0 Å². The highest BCUT2D eigenvalue weighted by Crippen LogP contribution is 2.49. The lowest BCUT2D eigenvalue weighted by molar-refractivity contribution is -0.145. The minimum absolute atomic E-state index is 0.0433. The second kappa shape index (κ2) is 10.9. The van der Waals surface area contributed by atoms with Gasteiger partial charge in [0.1, 0.15) is 34.5 Å². The number of carbonyl (C=O) groups excluding carboxylic acids is 2. The van der Waals surface area contributed by atoms with E-state index in [4.69, 9.17) is 15.1 Å². The summed E-state index contributed by atoms with van der Waals surface area (Å²) >= 11 is 0. The summed E-state index contributed by atoms with van der Waals surface area (Å²) in [6.07, 6.45) is 11.2. The first-order valence-electron chi connectivity index (χ1n) is 13.7. The van der Waals surface area contributed by atoms with Crippen molar-refractivity contribution in [2.45, 2.75) is 69.1 Å². The van der Waals surface area contributed by atoms with Crippen LogP contribution in [0.15, 0.2) is 29.7 Å². The Kier molecular flexibility index (Phi) is 7.56. The van der Waals surface area contributed by atoms with Gasteiger partial charge in [-0.05, 0) is 76.1 Å². The van der Waals surface area contributed by atoms with Crippen molar-refractivity contribution >= 4 is 24.2 Å². The predicted molar refractivity (Wildman–Crippen MR) is 145 cm³/mol. The lowest BCUT2D eigenvalue weighted by Gasteiger charge is -2.50. The number of aryl methyl sites for hydroxylation is 1. The van der Waals surface area contributed by atoms with E-state index in [1.807, 2.05) is 29.1 Å². The molecule has 1 aromatic heterocycles. The first kappa shape index (κ1) is 27.0. The fraction of sp³-hybridized carbons (Fsp3) is 0.552. The van der Waals surface area contributed by atoms with Gasteiger partial charge in [-0.25, -0.2) is 4.98 Å². The van der Waals surface area contributed by atoms with Crippen molar-refractivity contribution in [1.29, 1.82) is 10.7 Å². The van der Waals surface area contributed by atoms with Crippen molar-refractivity contribution in [2.75, 3.05) is 38.1 Å². The van der Waals surface area contributed by atoms with Crippen LogP contribution in [0.4, 0.5) is 5.82 Å². The van der Waals surface area contributed by atoms with Gasteiger partial charge in [0, 0.05) is 44.2 Å². The first-order valence-corrected chi connectivity index (χ1v) is 13.7. The molecule has 5 aliphatic rings. The van der Waals surface area contributed by atoms with Crippen molar-refractivity contribution in [3.05, 3.63) is 46.5 Å². The molecule has 0 radical (unpaired) electrons.